The average molecular weight is 292 g/mol. The zero-order valence-corrected chi connectivity index (χ0v) is 13.6. The number of nitrogens with one attached hydrogen (secondary N) is 1. The predicted molar refractivity (Wildman–Crippen MR) is 84.0 cm³/mol. The van der Waals surface area contributed by atoms with Gasteiger partial charge in [-0.2, -0.15) is 0 Å². The molecule has 2 unspecified atom stereocenters. The van der Waals surface area contributed by atoms with E-state index in [4.69, 9.17) is 0 Å². The smallest absolute Gasteiger partial charge is 0.221 e. The van der Waals surface area contributed by atoms with E-state index in [1.165, 1.54) is 5.69 Å². The van der Waals surface area contributed by atoms with Crippen LogP contribution in [-0.4, -0.2) is 21.6 Å². The number of aliphatic hydroxyl groups excluding tert-OH is 1. The Bertz CT molecular complexity index is 505. The Hall–Kier alpha value is -1.29. The van der Waals surface area contributed by atoms with E-state index in [0.29, 0.717) is 13.0 Å². The van der Waals surface area contributed by atoms with Crippen LogP contribution in [0.2, 0.25) is 0 Å². The van der Waals surface area contributed by atoms with E-state index in [0.717, 1.165) is 24.8 Å². The van der Waals surface area contributed by atoms with Gasteiger partial charge in [-0.3, -0.25) is 4.79 Å². The van der Waals surface area contributed by atoms with Crippen molar-refractivity contribution in [2.75, 3.05) is 0 Å². The van der Waals surface area contributed by atoms with Crippen LogP contribution in [0, 0.1) is 5.41 Å². The van der Waals surface area contributed by atoms with Gasteiger partial charge in [0.05, 0.1) is 6.10 Å². The standard InChI is InChI=1S/C17H28N2O2/c1-5-12(2)18-16(21)7-9-19-8-6-13-14(19)10-17(3,4)11-15(13)20/h6,8,12,15,20H,5,7,9-11H2,1-4H3,(H,18,21). The zero-order valence-electron chi connectivity index (χ0n) is 13.6. The Morgan fingerprint density at radius 2 is 2.29 bits per heavy atom. The summed E-state index contributed by atoms with van der Waals surface area (Å²) >= 11 is 0. The highest BCUT2D eigenvalue weighted by Gasteiger charge is 2.33. The zero-order chi connectivity index (χ0) is 15.6. The van der Waals surface area contributed by atoms with Gasteiger partial charge in [-0.15, -0.1) is 0 Å². The van der Waals surface area contributed by atoms with Crippen LogP contribution in [0.5, 0.6) is 0 Å². The summed E-state index contributed by atoms with van der Waals surface area (Å²) in [5.74, 6) is 0.0995. The lowest BCUT2D eigenvalue weighted by Gasteiger charge is -2.34. The van der Waals surface area contributed by atoms with Gasteiger partial charge in [0.2, 0.25) is 5.91 Å². The van der Waals surface area contributed by atoms with Crippen LogP contribution in [0.3, 0.4) is 0 Å². The van der Waals surface area contributed by atoms with Crippen molar-refractivity contribution in [2.24, 2.45) is 5.41 Å². The van der Waals surface area contributed by atoms with Crippen molar-refractivity contribution in [3.05, 3.63) is 23.5 Å². The molecule has 0 bridgehead atoms. The number of carbonyl (C=O) groups is 1. The number of nitrogens with zero attached hydrogens (tertiary/aromatic N) is 1. The quantitative estimate of drug-likeness (QED) is 0.877. The number of hydrogen-bond donors (Lipinski definition) is 2. The van der Waals surface area contributed by atoms with Crippen molar-refractivity contribution in [2.45, 2.75) is 72.1 Å². The molecule has 0 saturated heterocycles. The second kappa shape index (κ2) is 6.22. The van der Waals surface area contributed by atoms with Gasteiger partial charge in [0, 0.05) is 36.5 Å². The fourth-order valence-electron chi connectivity index (χ4n) is 3.07. The van der Waals surface area contributed by atoms with E-state index >= 15 is 0 Å². The van der Waals surface area contributed by atoms with Crippen LogP contribution >= 0.6 is 0 Å². The summed E-state index contributed by atoms with van der Waals surface area (Å²) in [6.45, 7) is 9.14. The summed E-state index contributed by atoms with van der Waals surface area (Å²) in [6.07, 6.45) is 4.83. The van der Waals surface area contributed by atoms with Gasteiger partial charge in [0.25, 0.3) is 0 Å². The molecule has 0 aromatic carbocycles. The summed E-state index contributed by atoms with van der Waals surface area (Å²) in [5, 5.41) is 13.2. The van der Waals surface area contributed by atoms with E-state index in [2.05, 4.69) is 30.7 Å². The summed E-state index contributed by atoms with van der Waals surface area (Å²) in [5.41, 5.74) is 2.34. The first kappa shape index (κ1) is 16.1. The van der Waals surface area contributed by atoms with Gasteiger partial charge in [-0.25, -0.2) is 0 Å². The third-order valence-electron chi connectivity index (χ3n) is 4.46. The lowest BCUT2D eigenvalue weighted by atomic mass is 9.75. The Balaban J connectivity index is 2.01. The minimum atomic E-state index is -0.376. The van der Waals surface area contributed by atoms with Crippen molar-refractivity contribution in [3.63, 3.8) is 0 Å². The number of rotatable bonds is 5. The van der Waals surface area contributed by atoms with Gasteiger partial charge < -0.3 is 15.0 Å². The van der Waals surface area contributed by atoms with E-state index in [-0.39, 0.29) is 23.5 Å². The molecule has 1 aliphatic carbocycles. The first-order chi connectivity index (χ1) is 9.82. The molecule has 118 valence electrons. The Morgan fingerprint density at radius 3 is 2.95 bits per heavy atom. The number of aryl methyl sites for hydroxylation is 1. The minimum Gasteiger partial charge on any atom is -0.388 e. The Kier molecular flexibility index (Phi) is 4.77. The molecule has 2 N–H and O–H groups in total. The molecule has 1 aromatic rings. The largest absolute Gasteiger partial charge is 0.388 e. The minimum absolute atomic E-state index is 0.0995. The molecule has 1 aliphatic rings. The molecule has 0 radical (unpaired) electrons. The summed E-state index contributed by atoms with van der Waals surface area (Å²) < 4.78 is 2.13. The molecule has 0 fully saturated rings. The molecule has 0 aliphatic heterocycles. The highest BCUT2D eigenvalue weighted by atomic mass is 16.3. The molecule has 2 rings (SSSR count). The summed E-state index contributed by atoms with van der Waals surface area (Å²) in [6, 6.07) is 2.23. The van der Waals surface area contributed by atoms with Gasteiger partial charge in [0.1, 0.15) is 0 Å². The number of aliphatic hydroxyl groups is 1. The number of aromatic nitrogens is 1. The SMILES string of the molecule is CCC(C)NC(=O)CCn1ccc2c1CC(C)(C)CC2O. The number of amides is 1. The molecular weight excluding hydrogens is 264 g/mol. The molecule has 21 heavy (non-hydrogen) atoms. The summed E-state index contributed by atoms with van der Waals surface area (Å²) in [7, 11) is 0. The lowest BCUT2D eigenvalue weighted by molar-refractivity contribution is -0.121. The topological polar surface area (TPSA) is 54.3 Å². The van der Waals surface area contributed by atoms with Crippen molar-refractivity contribution < 1.29 is 9.90 Å². The average Bonchev–Trinajstić information content (AvgIpc) is 2.78. The molecule has 4 nitrogen and oxygen atoms in total. The van der Waals surface area contributed by atoms with Gasteiger partial charge >= 0.3 is 0 Å². The van der Waals surface area contributed by atoms with E-state index in [1.54, 1.807) is 0 Å². The van der Waals surface area contributed by atoms with E-state index in [1.807, 2.05) is 19.2 Å². The fraction of sp³-hybridized carbons (Fsp3) is 0.706. The highest BCUT2D eigenvalue weighted by molar-refractivity contribution is 5.76. The maximum Gasteiger partial charge on any atom is 0.221 e. The number of hydrogen-bond acceptors (Lipinski definition) is 2. The van der Waals surface area contributed by atoms with Crippen molar-refractivity contribution in [1.29, 1.82) is 0 Å². The third kappa shape index (κ3) is 3.88. The molecule has 1 amide bonds. The molecule has 1 aromatic heterocycles. The molecule has 4 heteroatoms. The number of carbonyl (C=O) groups excluding carboxylic acids is 1. The first-order valence-electron chi connectivity index (χ1n) is 7.97. The lowest BCUT2D eigenvalue weighted by Crippen LogP contribution is -2.32. The van der Waals surface area contributed by atoms with Crippen LogP contribution in [0.25, 0.3) is 0 Å². The summed E-state index contributed by atoms with van der Waals surface area (Å²) in [4.78, 5) is 11.9. The molecule has 1 heterocycles. The molecule has 0 spiro atoms. The second-order valence-electron chi connectivity index (χ2n) is 7.10. The van der Waals surface area contributed by atoms with Crippen molar-refractivity contribution in [3.8, 4) is 0 Å². The van der Waals surface area contributed by atoms with Crippen LogP contribution in [-0.2, 0) is 17.8 Å². The first-order valence-corrected chi connectivity index (χ1v) is 7.97. The van der Waals surface area contributed by atoms with Gasteiger partial charge in [-0.05, 0) is 37.7 Å². The number of fused-ring (bicyclic) bond motifs is 1. The predicted octanol–water partition coefficient (Wildman–Crippen LogP) is 2.80. The highest BCUT2D eigenvalue weighted by Crippen LogP contribution is 2.41. The third-order valence-corrected chi connectivity index (χ3v) is 4.46. The van der Waals surface area contributed by atoms with Crippen LogP contribution < -0.4 is 5.32 Å². The normalized spacial score (nSPS) is 21.7. The fourth-order valence-corrected chi connectivity index (χ4v) is 3.07. The Labute approximate surface area is 127 Å². The maximum atomic E-state index is 11.9. The second-order valence-corrected chi connectivity index (χ2v) is 7.10. The maximum absolute atomic E-state index is 11.9. The van der Waals surface area contributed by atoms with Crippen molar-refractivity contribution in [1.82, 2.24) is 9.88 Å². The van der Waals surface area contributed by atoms with E-state index in [9.17, 15) is 9.90 Å². The van der Waals surface area contributed by atoms with Crippen molar-refractivity contribution >= 4 is 5.91 Å². The Morgan fingerprint density at radius 1 is 1.57 bits per heavy atom. The van der Waals surface area contributed by atoms with E-state index < -0.39 is 0 Å². The molecular formula is C17H28N2O2. The van der Waals surface area contributed by atoms with Crippen LogP contribution in [0.4, 0.5) is 0 Å². The monoisotopic (exact) mass is 292 g/mol. The van der Waals surface area contributed by atoms with Gasteiger partial charge in [-0.1, -0.05) is 20.8 Å². The van der Waals surface area contributed by atoms with Crippen LogP contribution in [0.15, 0.2) is 12.3 Å². The van der Waals surface area contributed by atoms with Crippen LogP contribution in [0.1, 0.15) is 64.3 Å². The molecule has 2 atom stereocenters. The molecule has 0 saturated carbocycles. The van der Waals surface area contributed by atoms with Gasteiger partial charge in [0.15, 0.2) is 0 Å².